The Bertz CT molecular complexity index is 1360. The first-order valence-corrected chi connectivity index (χ1v) is 13.9. The first kappa shape index (κ1) is 25.8. The average molecular weight is 519 g/mol. The van der Waals surface area contributed by atoms with Crippen LogP contribution < -0.4 is 4.90 Å². The molecule has 1 atom stereocenters. The second-order valence-electron chi connectivity index (χ2n) is 9.19. The molecule has 1 unspecified atom stereocenters. The van der Waals surface area contributed by atoms with E-state index in [4.69, 9.17) is 4.74 Å². The maximum Gasteiger partial charge on any atom is 0.410 e. The lowest BCUT2D eigenvalue weighted by Gasteiger charge is -2.38. The molecule has 3 heterocycles. The number of aromatic nitrogens is 4. The fourth-order valence-corrected chi connectivity index (χ4v) is 5.10. The van der Waals surface area contributed by atoms with Crippen molar-refractivity contribution < 1.29 is 22.3 Å². The molecule has 36 heavy (non-hydrogen) atoms. The molecule has 194 valence electrons. The van der Waals surface area contributed by atoms with Crippen molar-refractivity contribution in [1.82, 2.24) is 24.6 Å². The van der Waals surface area contributed by atoms with E-state index in [0.29, 0.717) is 36.5 Å². The number of halogens is 1. The number of anilines is 1. The van der Waals surface area contributed by atoms with Crippen molar-refractivity contribution in [2.45, 2.75) is 57.1 Å². The van der Waals surface area contributed by atoms with Gasteiger partial charge in [0.05, 0.1) is 28.6 Å². The number of carbonyl (C=O) groups excluding carboxylic acids is 1. The normalized spacial score (nSPS) is 16.5. The smallest absolute Gasteiger partial charge is 0.410 e. The van der Waals surface area contributed by atoms with Gasteiger partial charge in [-0.3, -0.25) is 0 Å². The van der Waals surface area contributed by atoms with Crippen LogP contribution in [0.1, 0.15) is 40.0 Å². The Kier molecular flexibility index (Phi) is 7.43. The quantitative estimate of drug-likeness (QED) is 0.467. The highest BCUT2D eigenvalue weighted by molar-refractivity contribution is 7.90. The van der Waals surface area contributed by atoms with Crippen LogP contribution in [0.5, 0.6) is 0 Å². The van der Waals surface area contributed by atoms with Gasteiger partial charge in [0.25, 0.3) is 0 Å². The fraction of sp³-hybridized carbons (Fsp3) is 0.500. The summed E-state index contributed by atoms with van der Waals surface area (Å²) in [7, 11) is -3.55. The minimum Gasteiger partial charge on any atom is -0.447 e. The number of piperidine rings is 1. The molecule has 10 nitrogen and oxygen atoms in total. The number of likely N-dealkylation sites (N-methyl/N-ethyl adjacent to an activating group) is 1. The SMILES string of the molecule is CCN(CC1CCCCN1C(=O)OC(C)C)c1ncnc2c1cnn2-c1ccc(S(C)(=O)=O)cc1F. The molecule has 0 radical (unpaired) electrons. The summed E-state index contributed by atoms with van der Waals surface area (Å²) >= 11 is 0. The number of hydrogen-bond donors (Lipinski definition) is 0. The third-order valence-corrected chi connectivity index (χ3v) is 7.34. The molecule has 1 aliphatic heterocycles. The Morgan fingerprint density at radius 3 is 2.72 bits per heavy atom. The van der Waals surface area contributed by atoms with Crippen LogP contribution in [0.2, 0.25) is 0 Å². The summed E-state index contributed by atoms with van der Waals surface area (Å²) in [5.74, 6) is -0.0957. The molecule has 0 N–H and O–H groups in total. The van der Waals surface area contributed by atoms with Crippen LogP contribution in [-0.2, 0) is 14.6 Å². The third-order valence-electron chi connectivity index (χ3n) is 6.23. The van der Waals surface area contributed by atoms with Gasteiger partial charge in [0, 0.05) is 25.9 Å². The first-order valence-electron chi connectivity index (χ1n) is 12.0. The second kappa shape index (κ2) is 10.4. The molecule has 4 rings (SSSR count). The average Bonchev–Trinajstić information content (AvgIpc) is 3.26. The zero-order valence-corrected chi connectivity index (χ0v) is 21.7. The molecule has 0 aliphatic carbocycles. The molecule has 2 aromatic heterocycles. The molecule has 3 aromatic rings. The maximum atomic E-state index is 14.9. The number of hydrogen-bond acceptors (Lipinski definition) is 8. The number of nitrogens with zero attached hydrogens (tertiary/aromatic N) is 6. The molecular weight excluding hydrogens is 487 g/mol. The number of carbonyl (C=O) groups is 1. The number of rotatable bonds is 7. The molecule has 1 amide bonds. The van der Waals surface area contributed by atoms with Crippen LogP contribution in [0.4, 0.5) is 15.0 Å². The zero-order valence-electron chi connectivity index (χ0n) is 20.9. The molecular formula is C24H31FN6O4S. The van der Waals surface area contributed by atoms with Gasteiger partial charge in [0.2, 0.25) is 0 Å². The van der Waals surface area contributed by atoms with Crippen LogP contribution in [0.3, 0.4) is 0 Å². The van der Waals surface area contributed by atoms with Crippen LogP contribution >= 0.6 is 0 Å². The topological polar surface area (TPSA) is 111 Å². The van der Waals surface area contributed by atoms with Crippen LogP contribution in [0.25, 0.3) is 16.7 Å². The van der Waals surface area contributed by atoms with Gasteiger partial charge in [0.1, 0.15) is 23.6 Å². The van der Waals surface area contributed by atoms with Crippen molar-refractivity contribution in [2.24, 2.45) is 0 Å². The van der Waals surface area contributed by atoms with Gasteiger partial charge < -0.3 is 14.5 Å². The van der Waals surface area contributed by atoms with Gasteiger partial charge in [-0.2, -0.15) is 5.10 Å². The first-order chi connectivity index (χ1) is 17.1. The Morgan fingerprint density at radius 2 is 2.06 bits per heavy atom. The van der Waals surface area contributed by atoms with Crippen LogP contribution in [0.15, 0.2) is 35.6 Å². The lowest BCUT2D eigenvalue weighted by atomic mass is 10.0. The van der Waals surface area contributed by atoms with E-state index in [-0.39, 0.29) is 28.8 Å². The van der Waals surface area contributed by atoms with Crippen molar-refractivity contribution in [3.05, 3.63) is 36.5 Å². The summed E-state index contributed by atoms with van der Waals surface area (Å²) in [4.78, 5) is 25.3. The van der Waals surface area contributed by atoms with Gasteiger partial charge in [-0.15, -0.1) is 0 Å². The van der Waals surface area contributed by atoms with Gasteiger partial charge >= 0.3 is 6.09 Å². The molecule has 0 bridgehead atoms. The molecule has 0 spiro atoms. The summed E-state index contributed by atoms with van der Waals surface area (Å²) < 4.78 is 45.2. The van der Waals surface area contributed by atoms with E-state index in [9.17, 15) is 17.6 Å². The number of likely N-dealkylation sites (tertiary alicyclic amines) is 1. The predicted octanol–water partition coefficient (Wildman–Crippen LogP) is 3.58. The maximum absolute atomic E-state index is 14.9. The zero-order chi connectivity index (χ0) is 26.0. The van der Waals surface area contributed by atoms with Gasteiger partial charge in [0.15, 0.2) is 15.5 Å². The molecule has 1 aliphatic rings. The van der Waals surface area contributed by atoms with Crippen LogP contribution in [0, 0.1) is 5.82 Å². The van der Waals surface area contributed by atoms with E-state index < -0.39 is 15.7 Å². The Balaban J connectivity index is 1.66. The van der Waals surface area contributed by atoms with E-state index in [1.807, 2.05) is 20.8 Å². The summed E-state index contributed by atoms with van der Waals surface area (Å²) in [5, 5.41) is 4.95. The highest BCUT2D eigenvalue weighted by atomic mass is 32.2. The van der Waals surface area contributed by atoms with Gasteiger partial charge in [-0.05, 0) is 58.2 Å². The molecule has 0 saturated carbocycles. The van der Waals surface area contributed by atoms with Gasteiger partial charge in [-0.1, -0.05) is 0 Å². The minimum absolute atomic E-state index is 0.0361. The van der Waals surface area contributed by atoms with Crippen molar-refractivity contribution in [3.63, 3.8) is 0 Å². The number of amides is 1. The molecule has 12 heteroatoms. The van der Waals surface area contributed by atoms with Crippen molar-refractivity contribution >= 4 is 32.8 Å². The fourth-order valence-electron chi connectivity index (χ4n) is 4.47. The molecule has 1 fully saturated rings. The number of fused-ring (bicyclic) bond motifs is 1. The van der Waals surface area contributed by atoms with E-state index >= 15 is 0 Å². The summed E-state index contributed by atoms with van der Waals surface area (Å²) in [6.07, 6.45) is 6.31. The highest BCUT2D eigenvalue weighted by Gasteiger charge is 2.30. The lowest BCUT2D eigenvalue weighted by Crippen LogP contribution is -2.50. The summed E-state index contributed by atoms with van der Waals surface area (Å²) in [5.41, 5.74) is 0.476. The Labute approximate surface area is 210 Å². The highest BCUT2D eigenvalue weighted by Crippen LogP contribution is 2.28. The number of ether oxygens (including phenoxy) is 1. The number of benzene rings is 1. The van der Waals surface area contributed by atoms with Gasteiger partial charge in [-0.25, -0.2) is 32.3 Å². The van der Waals surface area contributed by atoms with E-state index in [1.165, 1.54) is 23.1 Å². The standard InChI is InChI=1S/C24H31FN6O4S/c1-5-29(14-17-8-6-7-11-30(17)24(32)35-16(2)3)22-19-13-28-31(23(19)27-15-26-22)21-10-9-18(12-20(21)25)36(4,33)34/h9-10,12-13,15-17H,5-8,11,14H2,1-4H3. The van der Waals surface area contributed by atoms with Crippen LogP contribution in [-0.4, -0.2) is 77.2 Å². The van der Waals surface area contributed by atoms with E-state index in [1.54, 1.807) is 11.1 Å². The van der Waals surface area contributed by atoms with Crippen molar-refractivity contribution in [1.29, 1.82) is 0 Å². The van der Waals surface area contributed by atoms with Crippen molar-refractivity contribution in [2.75, 3.05) is 30.8 Å². The summed E-state index contributed by atoms with van der Waals surface area (Å²) in [6, 6.07) is 3.66. The van der Waals surface area contributed by atoms with Crippen molar-refractivity contribution in [3.8, 4) is 5.69 Å². The molecule has 1 saturated heterocycles. The Morgan fingerprint density at radius 1 is 1.28 bits per heavy atom. The van der Waals surface area contributed by atoms with E-state index in [0.717, 1.165) is 31.6 Å². The predicted molar refractivity (Wildman–Crippen MR) is 134 cm³/mol. The Hall–Kier alpha value is -3.28. The number of sulfone groups is 1. The minimum atomic E-state index is -3.55. The molecule has 1 aromatic carbocycles. The third kappa shape index (κ3) is 5.28. The second-order valence-corrected chi connectivity index (χ2v) is 11.2. The largest absolute Gasteiger partial charge is 0.447 e. The lowest BCUT2D eigenvalue weighted by molar-refractivity contribution is 0.0541. The van der Waals surface area contributed by atoms with E-state index in [2.05, 4.69) is 20.0 Å². The summed E-state index contributed by atoms with van der Waals surface area (Å²) in [6.45, 7) is 7.50. The monoisotopic (exact) mass is 518 g/mol.